The van der Waals surface area contributed by atoms with E-state index in [1.807, 2.05) is 60.7 Å². The van der Waals surface area contributed by atoms with Gasteiger partial charge < -0.3 is 19.3 Å². The number of benzene rings is 5. The Bertz CT molecular complexity index is 3010. The minimum absolute atomic E-state index is 0.306. The lowest BCUT2D eigenvalue weighted by Crippen LogP contribution is -2.02. The molecule has 0 fully saturated rings. The second-order valence-electron chi connectivity index (χ2n) is 13.4. The predicted molar refractivity (Wildman–Crippen MR) is 207 cm³/mol. The topological polar surface area (TPSA) is 132 Å². The summed E-state index contributed by atoms with van der Waals surface area (Å²) in [6, 6.07) is 38.2. The molecule has 2 aliphatic carbocycles. The molecule has 8 heteroatoms. The van der Waals surface area contributed by atoms with E-state index in [4.69, 9.17) is 0 Å². The zero-order valence-corrected chi connectivity index (χ0v) is 28.2. The van der Waals surface area contributed by atoms with Gasteiger partial charge in [-0.25, -0.2) is 9.59 Å². The first-order chi connectivity index (χ1) is 25.8. The van der Waals surface area contributed by atoms with Crippen LogP contribution in [-0.4, -0.2) is 31.3 Å². The molecule has 0 saturated heterocycles. The van der Waals surface area contributed by atoms with Gasteiger partial charge in [0.1, 0.15) is 23.3 Å². The number of carbonyl (C=O) groups is 2. The number of hydrogen-bond donors (Lipinski definition) is 2. The third-order valence-corrected chi connectivity index (χ3v) is 10.4. The molecular weight excluding hydrogens is 661 g/mol. The monoisotopic (exact) mass is 688 g/mol. The van der Waals surface area contributed by atoms with Crippen LogP contribution in [0.3, 0.4) is 0 Å². The maximum atomic E-state index is 11.5. The highest BCUT2D eigenvalue weighted by molar-refractivity contribution is 6.12. The fraction of sp³-hybridized carbons (Fsp3) is 0.0667. The van der Waals surface area contributed by atoms with Gasteiger partial charge in [0, 0.05) is 32.9 Å². The van der Waals surface area contributed by atoms with Crippen LogP contribution in [0, 0.1) is 22.7 Å². The smallest absolute Gasteiger partial charge is 0.346 e. The second-order valence-corrected chi connectivity index (χ2v) is 13.4. The molecule has 53 heavy (non-hydrogen) atoms. The Kier molecular flexibility index (Phi) is 7.22. The number of para-hydroxylation sites is 2. The van der Waals surface area contributed by atoms with E-state index >= 15 is 0 Å². The number of carboxylic acid groups (broad SMARTS) is 2. The highest BCUT2D eigenvalue weighted by atomic mass is 16.4. The molecule has 9 rings (SSSR count). The van der Waals surface area contributed by atoms with Gasteiger partial charge in [-0.05, 0) is 119 Å². The summed E-state index contributed by atoms with van der Waals surface area (Å²) in [6.45, 7) is 0. The molecule has 5 aromatic carbocycles. The van der Waals surface area contributed by atoms with Crippen LogP contribution < -0.4 is 0 Å². The van der Waals surface area contributed by atoms with Gasteiger partial charge >= 0.3 is 11.9 Å². The third kappa shape index (κ3) is 5.04. The molecule has 0 spiro atoms. The number of nitriles is 2. The number of aromatic nitrogens is 2. The number of fused-ring (bicyclic) bond motifs is 8. The largest absolute Gasteiger partial charge is 0.477 e. The average Bonchev–Trinajstić information content (AvgIpc) is 3.82. The van der Waals surface area contributed by atoms with Crippen LogP contribution in [0.1, 0.15) is 35.1 Å². The van der Waals surface area contributed by atoms with Crippen molar-refractivity contribution in [1.82, 2.24) is 9.13 Å². The maximum absolute atomic E-state index is 11.5. The van der Waals surface area contributed by atoms with Crippen LogP contribution in [-0.2, 0) is 16.0 Å². The van der Waals surface area contributed by atoms with Crippen molar-refractivity contribution in [2.45, 2.75) is 19.3 Å². The zero-order chi connectivity index (χ0) is 36.4. The molecule has 2 aliphatic rings. The highest BCUT2D eigenvalue weighted by Gasteiger charge is 2.26. The van der Waals surface area contributed by atoms with Crippen molar-refractivity contribution >= 4 is 79.0 Å². The number of nitrogens with zero attached hydrogens (tertiary/aromatic N) is 4. The lowest BCUT2D eigenvalue weighted by Gasteiger charge is -2.19. The average molecular weight is 689 g/mol. The first-order valence-corrected chi connectivity index (χ1v) is 17.2. The van der Waals surface area contributed by atoms with Gasteiger partial charge in [0.25, 0.3) is 0 Å². The predicted octanol–water partition coefficient (Wildman–Crippen LogP) is 9.52. The Morgan fingerprint density at radius 1 is 0.623 bits per heavy atom. The van der Waals surface area contributed by atoms with Gasteiger partial charge in [0.2, 0.25) is 0 Å². The Balaban J connectivity index is 1.10. The van der Waals surface area contributed by atoms with Gasteiger partial charge in [0.15, 0.2) is 0 Å². The van der Waals surface area contributed by atoms with Crippen molar-refractivity contribution in [2.75, 3.05) is 0 Å². The van der Waals surface area contributed by atoms with E-state index in [0.29, 0.717) is 11.1 Å². The molecule has 7 aromatic rings. The first kappa shape index (κ1) is 31.6. The summed E-state index contributed by atoms with van der Waals surface area (Å²) in [5.74, 6) is -2.50. The van der Waals surface area contributed by atoms with Crippen molar-refractivity contribution < 1.29 is 19.8 Å². The lowest BCUT2D eigenvalue weighted by molar-refractivity contribution is -0.133. The van der Waals surface area contributed by atoms with E-state index in [-0.39, 0.29) is 11.1 Å². The molecule has 0 saturated carbocycles. The van der Waals surface area contributed by atoms with Crippen molar-refractivity contribution in [2.24, 2.45) is 0 Å². The molecular formula is C45H28N4O4. The quantitative estimate of drug-likeness (QED) is 0.132. The number of allylic oxidation sites excluding steroid dienone is 4. The Hall–Kier alpha value is -7.42. The molecule has 8 nitrogen and oxygen atoms in total. The fourth-order valence-electron chi connectivity index (χ4n) is 8.15. The maximum Gasteiger partial charge on any atom is 0.346 e. The summed E-state index contributed by atoms with van der Waals surface area (Å²) in [7, 11) is 0. The normalized spacial score (nSPS) is 14.3. The van der Waals surface area contributed by atoms with Crippen molar-refractivity contribution in [3.63, 3.8) is 0 Å². The van der Waals surface area contributed by atoms with E-state index in [0.717, 1.165) is 68.6 Å². The number of carboxylic acids is 2. The Morgan fingerprint density at radius 3 is 1.75 bits per heavy atom. The molecule has 2 N–H and O–H groups in total. The summed E-state index contributed by atoms with van der Waals surface area (Å²) in [6.07, 6.45) is 7.71. The number of hydrogen-bond acceptors (Lipinski definition) is 4. The van der Waals surface area contributed by atoms with Gasteiger partial charge in [-0.15, -0.1) is 0 Å². The SMILES string of the molecule is N#C/C(=C\c1ccc2c(c1)c1ccccc1n2C1=CC2=C(CC1)c1ccc(-n3c4ccccc4c4cc(/C=C(\C#N)C(=O)O)ccc43)cc1C2)C(=O)O. The minimum atomic E-state index is -1.25. The summed E-state index contributed by atoms with van der Waals surface area (Å²) < 4.78 is 4.56. The molecule has 0 amide bonds. The first-order valence-electron chi connectivity index (χ1n) is 17.2. The summed E-state index contributed by atoms with van der Waals surface area (Å²) in [5, 5.41) is 41.5. The Labute approximate surface area is 303 Å². The second kappa shape index (κ2) is 12.1. The van der Waals surface area contributed by atoms with E-state index in [1.54, 1.807) is 12.1 Å². The summed E-state index contributed by atoms with van der Waals surface area (Å²) in [4.78, 5) is 23.0. The number of aliphatic carboxylic acids is 2. The van der Waals surface area contributed by atoms with Gasteiger partial charge in [-0.2, -0.15) is 10.5 Å². The molecule has 252 valence electrons. The minimum Gasteiger partial charge on any atom is -0.477 e. The molecule has 0 atom stereocenters. The fourth-order valence-corrected chi connectivity index (χ4v) is 8.15. The highest BCUT2D eigenvalue weighted by Crippen LogP contribution is 2.45. The molecule has 0 bridgehead atoms. The summed E-state index contributed by atoms with van der Waals surface area (Å²) >= 11 is 0. The van der Waals surface area contributed by atoms with Crippen molar-refractivity contribution in [3.8, 4) is 17.8 Å². The summed E-state index contributed by atoms with van der Waals surface area (Å²) in [5.41, 5.74) is 12.3. The standard InChI is InChI=1S/C45H28N4O4/c46-24-30(44(50)51)17-26-9-15-42-38(19-26)36-5-1-3-7-40(36)48(42)32-11-13-34-28(22-32)21-29-23-33(12-14-35(29)34)49-41-8-4-2-6-37(41)39-20-27(10-16-43(39)49)18-31(25-47)45(52)53/h1-11,13,15-20,22-23H,12,14,21H2,(H,50,51)(H,52,53)/b30-17+,31-18+. The molecule has 2 heterocycles. The van der Waals surface area contributed by atoms with E-state index in [2.05, 4.69) is 57.7 Å². The van der Waals surface area contributed by atoms with Crippen LogP contribution in [0.4, 0.5) is 0 Å². The molecule has 0 radical (unpaired) electrons. The third-order valence-electron chi connectivity index (χ3n) is 10.4. The molecule has 2 aromatic heterocycles. The van der Waals surface area contributed by atoms with Crippen LogP contribution in [0.2, 0.25) is 0 Å². The molecule has 0 aliphatic heterocycles. The van der Waals surface area contributed by atoms with Crippen LogP contribution in [0.5, 0.6) is 0 Å². The molecule has 0 unspecified atom stereocenters. The Morgan fingerprint density at radius 2 is 1.17 bits per heavy atom. The van der Waals surface area contributed by atoms with Crippen molar-refractivity contribution in [1.29, 1.82) is 10.5 Å². The van der Waals surface area contributed by atoms with Crippen LogP contribution in [0.25, 0.3) is 72.7 Å². The van der Waals surface area contributed by atoms with E-state index < -0.39 is 11.9 Å². The van der Waals surface area contributed by atoms with Crippen molar-refractivity contribution in [3.05, 3.63) is 148 Å². The zero-order valence-electron chi connectivity index (χ0n) is 28.2. The van der Waals surface area contributed by atoms with Crippen LogP contribution in [0.15, 0.2) is 126 Å². The van der Waals surface area contributed by atoms with Gasteiger partial charge in [0.05, 0.1) is 22.1 Å². The lowest BCUT2D eigenvalue weighted by atomic mass is 9.94. The van der Waals surface area contributed by atoms with E-state index in [9.17, 15) is 30.3 Å². The van der Waals surface area contributed by atoms with E-state index in [1.165, 1.54) is 40.1 Å². The van der Waals surface area contributed by atoms with Gasteiger partial charge in [-0.1, -0.05) is 54.6 Å². The van der Waals surface area contributed by atoms with Crippen LogP contribution >= 0.6 is 0 Å². The van der Waals surface area contributed by atoms with Gasteiger partial charge in [-0.3, -0.25) is 0 Å². The number of rotatable bonds is 6.